The van der Waals surface area contributed by atoms with Gasteiger partial charge in [-0.15, -0.1) is 0 Å². The van der Waals surface area contributed by atoms with E-state index in [9.17, 15) is 0 Å². The van der Waals surface area contributed by atoms with E-state index in [2.05, 4.69) is 0 Å². The lowest BCUT2D eigenvalue weighted by atomic mass is 10.3. The first-order chi connectivity index (χ1) is 13.3. The molecule has 0 heterocycles. The minimum atomic E-state index is -0.00869. The largest absolute Gasteiger partial charge is 0.382 e. The van der Waals surface area contributed by atoms with Crippen molar-refractivity contribution < 1.29 is 33.2 Å². The van der Waals surface area contributed by atoms with Crippen LogP contribution >= 0.6 is 0 Å². The zero-order valence-corrected chi connectivity index (χ0v) is 19.3. The highest BCUT2D eigenvalue weighted by Gasteiger charge is 2.13. The standard InChI is InChI=1S/C21H44O7/c1-9-23-17(3)11-25-19(5)13-27-21(7)15-28-20(6)14-26-18(4)12-24-16(2)10-22-8/h16-21H,9-15H2,1-8H3/t16-,17-,18-,19?,20+,21+/m1/s1. The van der Waals surface area contributed by atoms with Gasteiger partial charge in [-0.2, -0.15) is 0 Å². The van der Waals surface area contributed by atoms with Crippen LogP contribution in [0.2, 0.25) is 0 Å². The molecule has 0 aromatic rings. The fraction of sp³-hybridized carbons (Fsp3) is 1.00. The van der Waals surface area contributed by atoms with Gasteiger partial charge in [0.15, 0.2) is 0 Å². The summed E-state index contributed by atoms with van der Waals surface area (Å²) >= 11 is 0. The van der Waals surface area contributed by atoms with Crippen LogP contribution in [0.25, 0.3) is 0 Å². The zero-order valence-electron chi connectivity index (χ0n) is 19.3. The monoisotopic (exact) mass is 408 g/mol. The molecule has 170 valence electrons. The number of hydrogen-bond donors (Lipinski definition) is 0. The molecule has 0 aliphatic rings. The van der Waals surface area contributed by atoms with Crippen molar-refractivity contribution in [3.63, 3.8) is 0 Å². The molecule has 7 heteroatoms. The molecule has 0 aliphatic heterocycles. The van der Waals surface area contributed by atoms with Gasteiger partial charge in [0.1, 0.15) is 0 Å². The molecular weight excluding hydrogens is 364 g/mol. The summed E-state index contributed by atoms with van der Waals surface area (Å²) in [6.45, 7) is 17.9. The first-order valence-corrected chi connectivity index (χ1v) is 10.5. The van der Waals surface area contributed by atoms with Crippen LogP contribution < -0.4 is 0 Å². The highest BCUT2D eigenvalue weighted by Crippen LogP contribution is 2.04. The Balaban J connectivity index is 3.75. The van der Waals surface area contributed by atoms with Crippen molar-refractivity contribution >= 4 is 0 Å². The van der Waals surface area contributed by atoms with Gasteiger partial charge in [0.25, 0.3) is 0 Å². The smallest absolute Gasteiger partial charge is 0.0781 e. The molecule has 0 bridgehead atoms. The predicted molar refractivity (Wildman–Crippen MR) is 110 cm³/mol. The number of hydrogen-bond acceptors (Lipinski definition) is 7. The lowest BCUT2D eigenvalue weighted by Crippen LogP contribution is -2.29. The molecule has 0 amide bonds. The summed E-state index contributed by atoms with van der Waals surface area (Å²) in [6, 6.07) is 0. The highest BCUT2D eigenvalue weighted by molar-refractivity contribution is 4.58. The van der Waals surface area contributed by atoms with Crippen molar-refractivity contribution in [2.45, 2.75) is 85.1 Å². The summed E-state index contributed by atoms with van der Waals surface area (Å²) in [7, 11) is 1.67. The van der Waals surface area contributed by atoms with Gasteiger partial charge >= 0.3 is 0 Å². The zero-order chi connectivity index (χ0) is 21.4. The Bertz CT molecular complexity index is 311. The van der Waals surface area contributed by atoms with Crippen LogP contribution in [0.4, 0.5) is 0 Å². The third-order valence-electron chi connectivity index (χ3n) is 3.93. The SMILES string of the molecule is CCO[C@H](C)COC(C)CO[C@@H](C)CO[C@@H](C)CO[C@H](C)CO[C@H](C)COC. The molecule has 0 N–H and O–H groups in total. The molecule has 0 aromatic carbocycles. The van der Waals surface area contributed by atoms with E-state index in [1.165, 1.54) is 0 Å². The van der Waals surface area contributed by atoms with E-state index in [0.717, 1.165) is 0 Å². The van der Waals surface area contributed by atoms with E-state index < -0.39 is 0 Å². The van der Waals surface area contributed by atoms with Gasteiger partial charge < -0.3 is 33.2 Å². The van der Waals surface area contributed by atoms with E-state index in [4.69, 9.17) is 33.2 Å². The summed E-state index contributed by atoms with van der Waals surface area (Å²) in [4.78, 5) is 0. The normalized spacial score (nSPS) is 18.4. The minimum Gasteiger partial charge on any atom is -0.382 e. The fourth-order valence-electron chi connectivity index (χ4n) is 2.31. The molecule has 7 nitrogen and oxygen atoms in total. The molecule has 0 rings (SSSR count). The molecule has 0 aromatic heterocycles. The second-order valence-electron chi connectivity index (χ2n) is 7.44. The molecule has 0 spiro atoms. The van der Waals surface area contributed by atoms with Gasteiger partial charge in [-0.25, -0.2) is 0 Å². The number of rotatable bonds is 19. The maximum absolute atomic E-state index is 5.81. The van der Waals surface area contributed by atoms with Crippen LogP contribution in [0, 0.1) is 0 Å². The number of methoxy groups -OCH3 is 1. The van der Waals surface area contributed by atoms with Gasteiger partial charge in [-0.3, -0.25) is 0 Å². The molecule has 0 fully saturated rings. The summed E-state index contributed by atoms with van der Waals surface area (Å²) in [5.41, 5.74) is 0. The molecule has 0 saturated carbocycles. The van der Waals surface area contributed by atoms with Crippen LogP contribution in [0.3, 0.4) is 0 Å². The second-order valence-corrected chi connectivity index (χ2v) is 7.44. The Morgan fingerprint density at radius 2 is 0.679 bits per heavy atom. The average molecular weight is 409 g/mol. The summed E-state index contributed by atoms with van der Waals surface area (Å²) in [5, 5.41) is 0. The fourth-order valence-corrected chi connectivity index (χ4v) is 2.31. The minimum absolute atomic E-state index is 0.00605. The van der Waals surface area contributed by atoms with Gasteiger partial charge in [0.05, 0.1) is 76.3 Å². The first kappa shape index (κ1) is 27.7. The maximum Gasteiger partial charge on any atom is 0.0781 e. The average Bonchev–Trinajstić information content (AvgIpc) is 2.66. The third-order valence-corrected chi connectivity index (χ3v) is 3.93. The van der Waals surface area contributed by atoms with Crippen molar-refractivity contribution in [2.75, 3.05) is 53.4 Å². The third kappa shape index (κ3) is 16.7. The van der Waals surface area contributed by atoms with Gasteiger partial charge in [0, 0.05) is 13.7 Å². The van der Waals surface area contributed by atoms with Crippen molar-refractivity contribution in [1.82, 2.24) is 0 Å². The summed E-state index contributed by atoms with van der Waals surface area (Å²) < 4.78 is 39.2. The van der Waals surface area contributed by atoms with Crippen molar-refractivity contribution in [3.05, 3.63) is 0 Å². The van der Waals surface area contributed by atoms with Gasteiger partial charge in [0.2, 0.25) is 0 Å². The Kier molecular flexibility index (Phi) is 17.4. The van der Waals surface area contributed by atoms with E-state index >= 15 is 0 Å². The molecule has 28 heavy (non-hydrogen) atoms. The predicted octanol–water partition coefficient (Wildman–Crippen LogP) is 3.08. The van der Waals surface area contributed by atoms with E-state index in [0.29, 0.717) is 46.2 Å². The molecule has 0 saturated heterocycles. The van der Waals surface area contributed by atoms with E-state index in [1.807, 2.05) is 48.5 Å². The number of ether oxygens (including phenoxy) is 7. The second kappa shape index (κ2) is 17.6. The van der Waals surface area contributed by atoms with Gasteiger partial charge in [-0.1, -0.05) is 0 Å². The molecule has 0 aliphatic carbocycles. The Labute approximate surface area is 172 Å². The lowest BCUT2D eigenvalue weighted by molar-refractivity contribution is -0.103. The Hall–Kier alpha value is -0.280. The Morgan fingerprint density at radius 1 is 0.429 bits per heavy atom. The van der Waals surface area contributed by atoms with Crippen LogP contribution in [-0.2, 0) is 33.2 Å². The van der Waals surface area contributed by atoms with Crippen molar-refractivity contribution in [2.24, 2.45) is 0 Å². The van der Waals surface area contributed by atoms with E-state index in [1.54, 1.807) is 7.11 Å². The van der Waals surface area contributed by atoms with Crippen LogP contribution in [-0.4, -0.2) is 90.0 Å². The lowest BCUT2D eigenvalue weighted by Gasteiger charge is -2.22. The van der Waals surface area contributed by atoms with Crippen LogP contribution in [0.15, 0.2) is 0 Å². The molecule has 6 atom stereocenters. The molecule has 1 unspecified atom stereocenters. The van der Waals surface area contributed by atoms with Crippen LogP contribution in [0.5, 0.6) is 0 Å². The van der Waals surface area contributed by atoms with E-state index in [-0.39, 0.29) is 36.6 Å². The highest BCUT2D eigenvalue weighted by atomic mass is 16.6. The van der Waals surface area contributed by atoms with Crippen molar-refractivity contribution in [1.29, 1.82) is 0 Å². The maximum atomic E-state index is 5.81. The van der Waals surface area contributed by atoms with Gasteiger partial charge in [-0.05, 0) is 48.5 Å². The first-order valence-electron chi connectivity index (χ1n) is 10.5. The quantitative estimate of drug-likeness (QED) is 0.325. The summed E-state index contributed by atoms with van der Waals surface area (Å²) in [5.74, 6) is 0. The van der Waals surface area contributed by atoms with Crippen LogP contribution in [0.1, 0.15) is 48.5 Å². The molecular formula is C21H44O7. The van der Waals surface area contributed by atoms with Crippen molar-refractivity contribution in [3.8, 4) is 0 Å². The summed E-state index contributed by atoms with van der Waals surface area (Å²) in [6.07, 6.45) is 0.184. The Morgan fingerprint density at radius 3 is 0.929 bits per heavy atom. The molecule has 0 radical (unpaired) electrons. The topological polar surface area (TPSA) is 64.6 Å².